The van der Waals surface area contributed by atoms with Gasteiger partial charge in [-0.05, 0) is 25.0 Å². The smallest absolute Gasteiger partial charge is 0.379 e. The Balaban J connectivity index is 3.42. The molecular weight excluding hydrogens is 284 g/mol. The average molecular weight is 301 g/mol. The predicted molar refractivity (Wildman–Crippen MR) is 74.9 cm³/mol. The first-order valence-corrected chi connectivity index (χ1v) is 6.54. The molecule has 0 aliphatic heterocycles. The summed E-state index contributed by atoms with van der Waals surface area (Å²) in [6, 6.07) is 1.45. The van der Waals surface area contributed by atoms with Crippen LogP contribution in [0.25, 0.3) is 0 Å². The quantitative estimate of drug-likeness (QED) is 0.459. The molecule has 1 aromatic rings. The van der Waals surface area contributed by atoms with Crippen molar-refractivity contribution < 1.29 is 23.8 Å². The van der Waals surface area contributed by atoms with Crippen molar-refractivity contribution in [1.82, 2.24) is 0 Å². The molecule has 0 spiro atoms. The van der Waals surface area contributed by atoms with E-state index in [1.807, 2.05) is 6.92 Å². The molecular formula is C14H17ClO5. The molecule has 0 fully saturated rings. The average Bonchev–Trinajstić information content (AvgIpc) is 2.45. The lowest BCUT2D eigenvalue weighted by molar-refractivity contribution is -0.137. The minimum Gasteiger partial charge on any atom is -0.493 e. The summed E-state index contributed by atoms with van der Waals surface area (Å²) in [5, 5.41) is 0.266. The first kappa shape index (κ1) is 16.3. The van der Waals surface area contributed by atoms with Crippen LogP contribution in [0.3, 0.4) is 0 Å². The molecule has 6 heteroatoms. The molecule has 0 atom stereocenters. The molecule has 0 amide bonds. The number of ether oxygens (including phenoxy) is 3. The Morgan fingerprint density at radius 3 is 2.30 bits per heavy atom. The van der Waals surface area contributed by atoms with Crippen LogP contribution in [0.5, 0.6) is 11.5 Å². The highest BCUT2D eigenvalue weighted by atomic mass is 35.5. The second kappa shape index (κ2) is 7.14. The van der Waals surface area contributed by atoms with E-state index in [9.17, 15) is 9.59 Å². The Kier molecular flexibility index (Phi) is 5.82. The number of ketones is 1. The number of halogens is 1. The zero-order chi connectivity index (χ0) is 15.3. The minimum absolute atomic E-state index is 0.132. The topological polar surface area (TPSA) is 61.8 Å². The summed E-state index contributed by atoms with van der Waals surface area (Å²) in [5.74, 6) is -1.02. The van der Waals surface area contributed by atoms with Crippen LogP contribution < -0.4 is 9.47 Å². The number of rotatable bonds is 6. The SMILES string of the molecule is CCOC(=O)C(=O)c1cc(OC)c(OC)c(Cl)c1CC. The summed E-state index contributed by atoms with van der Waals surface area (Å²) in [4.78, 5) is 23.7. The van der Waals surface area contributed by atoms with E-state index in [4.69, 9.17) is 25.8 Å². The highest BCUT2D eigenvalue weighted by molar-refractivity contribution is 6.42. The highest BCUT2D eigenvalue weighted by Crippen LogP contribution is 2.40. The minimum atomic E-state index is -0.912. The van der Waals surface area contributed by atoms with Crippen LogP contribution in [0, 0.1) is 0 Å². The van der Waals surface area contributed by atoms with Crippen molar-refractivity contribution in [3.05, 3.63) is 22.2 Å². The van der Waals surface area contributed by atoms with E-state index >= 15 is 0 Å². The van der Waals surface area contributed by atoms with Crippen molar-refractivity contribution in [2.75, 3.05) is 20.8 Å². The third-order valence-electron chi connectivity index (χ3n) is 2.77. The van der Waals surface area contributed by atoms with Gasteiger partial charge in [0.1, 0.15) is 0 Å². The van der Waals surface area contributed by atoms with E-state index in [1.54, 1.807) is 6.92 Å². The maximum absolute atomic E-state index is 12.1. The number of Topliss-reactive ketones (excluding diaryl/α,β-unsaturated/α-hetero) is 1. The van der Waals surface area contributed by atoms with Gasteiger partial charge in [0, 0.05) is 5.56 Å². The van der Waals surface area contributed by atoms with Gasteiger partial charge < -0.3 is 14.2 Å². The van der Waals surface area contributed by atoms with Gasteiger partial charge in [0.2, 0.25) is 0 Å². The molecule has 20 heavy (non-hydrogen) atoms. The van der Waals surface area contributed by atoms with Gasteiger partial charge in [0.05, 0.1) is 25.8 Å². The predicted octanol–water partition coefficient (Wildman–Crippen LogP) is 2.67. The second-order valence-electron chi connectivity index (χ2n) is 3.86. The first-order valence-electron chi connectivity index (χ1n) is 6.16. The molecule has 0 unspecified atom stereocenters. The zero-order valence-corrected chi connectivity index (χ0v) is 12.7. The summed E-state index contributed by atoms with van der Waals surface area (Å²) in [6.45, 7) is 3.59. The fourth-order valence-electron chi connectivity index (χ4n) is 1.84. The molecule has 0 saturated carbocycles. The van der Waals surface area contributed by atoms with Gasteiger partial charge >= 0.3 is 5.97 Å². The van der Waals surface area contributed by atoms with Gasteiger partial charge in [0.15, 0.2) is 11.5 Å². The van der Waals surface area contributed by atoms with E-state index in [2.05, 4.69) is 0 Å². The van der Waals surface area contributed by atoms with Crippen LogP contribution in [0.1, 0.15) is 29.8 Å². The van der Waals surface area contributed by atoms with Gasteiger partial charge in [-0.3, -0.25) is 4.79 Å². The third kappa shape index (κ3) is 3.04. The van der Waals surface area contributed by atoms with Gasteiger partial charge in [-0.25, -0.2) is 4.79 Å². The lowest BCUT2D eigenvalue weighted by Crippen LogP contribution is -2.19. The largest absolute Gasteiger partial charge is 0.493 e. The number of hydrogen-bond donors (Lipinski definition) is 0. The van der Waals surface area contributed by atoms with Gasteiger partial charge in [-0.15, -0.1) is 0 Å². The molecule has 0 N–H and O–H groups in total. The van der Waals surface area contributed by atoms with Crippen LogP contribution in [-0.2, 0) is 16.0 Å². The summed E-state index contributed by atoms with van der Waals surface area (Å²) >= 11 is 6.21. The van der Waals surface area contributed by atoms with Crippen molar-refractivity contribution in [1.29, 1.82) is 0 Å². The number of benzene rings is 1. The second-order valence-corrected chi connectivity index (χ2v) is 4.23. The number of methoxy groups -OCH3 is 2. The van der Waals surface area contributed by atoms with Crippen LogP contribution in [0.15, 0.2) is 6.07 Å². The monoisotopic (exact) mass is 300 g/mol. The van der Waals surface area contributed by atoms with Crippen molar-refractivity contribution in [2.24, 2.45) is 0 Å². The van der Waals surface area contributed by atoms with Crippen molar-refractivity contribution in [3.8, 4) is 11.5 Å². The maximum atomic E-state index is 12.1. The molecule has 0 heterocycles. The number of carbonyl (C=O) groups is 2. The van der Waals surface area contributed by atoms with E-state index in [0.717, 1.165) is 0 Å². The van der Waals surface area contributed by atoms with E-state index in [0.29, 0.717) is 23.5 Å². The lowest BCUT2D eigenvalue weighted by atomic mass is 10.00. The Morgan fingerprint density at radius 2 is 1.85 bits per heavy atom. The van der Waals surface area contributed by atoms with E-state index in [1.165, 1.54) is 20.3 Å². The summed E-state index contributed by atoms with van der Waals surface area (Å²) in [7, 11) is 2.88. The van der Waals surface area contributed by atoms with Crippen LogP contribution in [-0.4, -0.2) is 32.6 Å². The van der Waals surface area contributed by atoms with Crippen LogP contribution in [0.4, 0.5) is 0 Å². The normalized spacial score (nSPS) is 10.1. The summed E-state index contributed by atoms with van der Waals surface area (Å²) in [5.41, 5.74) is 0.705. The molecule has 0 aromatic heterocycles. The number of hydrogen-bond acceptors (Lipinski definition) is 5. The zero-order valence-electron chi connectivity index (χ0n) is 11.9. The Hall–Kier alpha value is -1.75. The molecule has 0 saturated heterocycles. The highest BCUT2D eigenvalue weighted by Gasteiger charge is 2.26. The Bertz CT molecular complexity index is 525. The Labute approximate surface area is 122 Å². The lowest BCUT2D eigenvalue weighted by Gasteiger charge is -2.15. The number of esters is 1. The molecule has 1 aromatic carbocycles. The fourth-order valence-corrected chi connectivity index (χ4v) is 2.25. The number of carbonyl (C=O) groups excluding carboxylic acids is 2. The molecule has 5 nitrogen and oxygen atoms in total. The molecule has 0 aliphatic carbocycles. The van der Waals surface area contributed by atoms with Crippen LogP contribution in [0.2, 0.25) is 5.02 Å². The van der Waals surface area contributed by atoms with Gasteiger partial charge in [-0.2, -0.15) is 0 Å². The molecule has 0 aliphatic rings. The molecule has 110 valence electrons. The first-order chi connectivity index (χ1) is 9.51. The standard InChI is InChI=1S/C14H17ClO5/c1-5-8-9(12(16)14(17)20-6-2)7-10(18-3)13(19-4)11(8)15/h7H,5-6H2,1-4H3. The van der Waals surface area contributed by atoms with E-state index in [-0.39, 0.29) is 17.2 Å². The third-order valence-corrected chi connectivity index (χ3v) is 3.17. The van der Waals surface area contributed by atoms with Crippen LogP contribution >= 0.6 is 11.6 Å². The van der Waals surface area contributed by atoms with E-state index < -0.39 is 11.8 Å². The molecule has 0 radical (unpaired) electrons. The van der Waals surface area contributed by atoms with Crippen molar-refractivity contribution in [3.63, 3.8) is 0 Å². The molecule has 1 rings (SSSR count). The fraction of sp³-hybridized carbons (Fsp3) is 0.429. The Morgan fingerprint density at radius 1 is 1.20 bits per heavy atom. The molecule has 0 bridgehead atoms. The maximum Gasteiger partial charge on any atom is 0.379 e. The summed E-state index contributed by atoms with van der Waals surface area (Å²) < 4.78 is 15.0. The van der Waals surface area contributed by atoms with Crippen molar-refractivity contribution >= 4 is 23.4 Å². The van der Waals surface area contributed by atoms with Gasteiger partial charge in [0.25, 0.3) is 5.78 Å². The van der Waals surface area contributed by atoms with Gasteiger partial charge in [-0.1, -0.05) is 18.5 Å². The van der Waals surface area contributed by atoms with Crippen molar-refractivity contribution in [2.45, 2.75) is 20.3 Å². The summed E-state index contributed by atoms with van der Waals surface area (Å²) in [6.07, 6.45) is 0.472.